The van der Waals surface area contributed by atoms with Crippen LogP contribution in [-0.4, -0.2) is 33.2 Å². The highest BCUT2D eigenvalue weighted by molar-refractivity contribution is 7.14. The minimum absolute atomic E-state index is 0.0540. The molecule has 10 heteroatoms. The lowest BCUT2D eigenvalue weighted by Crippen LogP contribution is -2.21. The molecule has 4 aromatic rings. The number of aromatic nitrogens is 3. The molecule has 0 saturated carbocycles. The first-order valence-corrected chi connectivity index (χ1v) is 11.1. The molecular weight excluding hydrogens is 434 g/mol. The summed E-state index contributed by atoms with van der Waals surface area (Å²) in [4.78, 5) is 30.7. The number of hydrogen-bond donors (Lipinski definition) is 1. The van der Waals surface area contributed by atoms with Crippen LogP contribution in [-0.2, 0) is 9.53 Å². The average molecular weight is 452 g/mol. The maximum Gasteiger partial charge on any atom is 0.339 e. The number of pyridine rings is 1. The van der Waals surface area contributed by atoms with Gasteiger partial charge in [0.05, 0.1) is 33.3 Å². The third-order valence-corrected chi connectivity index (χ3v) is 6.14. The molecule has 0 aromatic carbocycles. The predicted molar refractivity (Wildman–Crippen MR) is 119 cm³/mol. The molecule has 31 heavy (non-hydrogen) atoms. The van der Waals surface area contributed by atoms with Gasteiger partial charge >= 0.3 is 5.97 Å². The predicted octanol–water partition coefficient (Wildman–Crippen LogP) is 4.47. The van der Waals surface area contributed by atoms with E-state index in [4.69, 9.17) is 15.0 Å². The number of rotatable bonds is 6. The summed E-state index contributed by atoms with van der Waals surface area (Å²) in [5.41, 5.74) is 1.87. The fourth-order valence-electron chi connectivity index (χ4n) is 2.98. The van der Waals surface area contributed by atoms with Crippen LogP contribution in [0.5, 0.6) is 0 Å². The number of hydrogen-bond acceptors (Lipinski definition) is 8. The molecule has 1 amide bonds. The lowest BCUT2D eigenvalue weighted by Gasteiger charge is -2.10. The molecule has 0 aliphatic rings. The topological polar surface area (TPSA) is 110 Å². The largest absolute Gasteiger partial charge is 0.452 e. The van der Waals surface area contributed by atoms with Crippen LogP contribution < -0.4 is 5.32 Å². The van der Waals surface area contributed by atoms with Crippen LogP contribution in [0.25, 0.3) is 21.6 Å². The number of esters is 1. The summed E-state index contributed by atoms with van der Waals surface area (Å²) in [5, 5.41) is 20.6. The van der Waals surface area contributed by atoms with Crippen LogP contribution in [0, 0.1) is 11.3 Å². The molecule has 0 saturated heterocycles. The molecule has 1 N–H and O–H groups in total. The minimum Gasteiger partial charge on any atom is -0.452 e. The molecular formula is C21H17N5O3S2. The first-order valence-electron chi connectivity index (χ1n) is 9.34. The van der Waals surface area contributed by atoms with Crippen LogP contribution in [0.15, 0.2) is 41.2 Å². The SMILES string of the molecule is CC(C)n1ncc2c(C(=O)OCC(=O)Nc3sccc3C#N)cc(-c3cccs3)nc21. The molecule has 0 aliphatic heterocycles. The van der Waals surface area contributed by atoms with Crippen molar-refractivity contribution in [2.45, 2.75) is 19.9 Å². The van der Waals surface area contributed by atoms with Gasteiger partial charge in [-0.2, -0.15) is 10.4 Å². The Bertz CT molecular complexity index is 1300. The molecule has 0 spiro atoms. The lowest BCUT2D eigenvalue weighted by atomic mass is 10.1. The summed E-state index contributed by atoms with van der Waals surface area (Å²) in [7, 11) is 0. The van der Waals surface area contributed by atoms with Crippen LogP contribution in [0.4, 0.5) is 5.00 Å². The number of thiophene rings is 2. The van der Waals surface area contributed by atoms with E-state index >= 15 is 0 Å². The molecule has 0 unspecified atom stereocenters. The average Bonchev–Trinajstić information content (AvgIpc) is 3.51. The van der Waals surface area contributed by atoms with E-state index in [1.807, 2.05) is 37.4 Å². The second-order valence-electron chi connectivity index (χ2n) is 6.85. The van der Waals surface area contributed by atoms with Gasteiger partial charge in [-0.1, -0.05) is 6.07 Å². The van der Waals surface area contributed by atoms with Crippen LogP contribution in [0.3, 0.4) is 0 Å². The number of anilines is 1. The summed E-state index contributed by atoms with van der Waals surface area (Å²) in [6, 6.07) is 9.15. The highest BCUT2D eigenvalue weighted by Gasteiger charge is 2.21. The fraction of sp³-hybridized carbons (Fsp3) is 0.190. The zero-order valence-electron chi connectivity index (χ0n) is 16.7. The second kappa shape index (κ2) is 8.67. The van der Waals surface area contributed by atoms with Gasteiger partial charge in [0, 0.05) is 6.04 Å². The monoisotopic (exact) mass is 451 g/mol. The summed E-state index contributed by atoms with van der Waals surface area (Å²) in [6.45, 7) is 3.49. The Hall–Kier alpha value is -3.55. The fourth-order valence-corrected chi connectivity index (χ4v) is 4.42. The molecule has 0 fully saturated rings. The summed E-state index contributed by atoms with van der Waals surface area (Å²) >= 11 is 2.74. The van der Waals surface area contributed by atoms with Gasteiger partial charge < -0.3 is 10.1 Å². The van der Waals surface area contributed by atoms with Gasteiger partial charge in [0.1, 0.15) is 11.1 Å². The van der Waals surface area contributed by atoms with Gasteiger partial charge in [0.25, 0.3) is 5.91 Å². The Morgan fingerprint density at radius 2 is 2.13 bits per heavy atom. The molecule has 0 aliphatic carbocycles. The quantitative estimate of drug-likeness (QED) is 0.433. The van der Waals surface area contributed by atoms with E-state index in [-0.39, 0.29) is 6.04 Å². The number of nitrogens with one attached hydrogen (secondary N) is 1. The molecule has 0 radical (unpaired) electrons. The number of nitrogens with zero attached hydrogens (tertiary/aromatic N) is 4. The Kier molecular flexibility index (Phi) is 5.79. The van der Waals surface area contributed by atoms with Crippen molar-refractivity contribution >= 4 is 50.6 Å². The minimum atomic E-state index is -0.643. The van der Waals surface area contributed by atoms with Crippen molar-refractivity contribution in [1.82, 2.24) is 14.8 Å². The van der Waals surface area contributed by atoms with Crippen molar-refractivity contribution in [3.63, 3.8) is 0 Å². The Morgan fingerprint density at radius 1 is 1.29 bits per heavy atom. The van der Waals surface area contributed by atoms with Gasteiger partial charge in [0.2, 0.25) is 0 Å². The number of amides is 1. The Balaban J connectivity index is 1.60. The van der Waals surface area contributed by atoms with Gasteiger partial charge in [-0.25, -0.2) is 14.5 Å². The summed E-state index contributed by atoms with van der Waals surface area (Å²) < 4.78 is 7.02. The normalized spacial score (nSPS) is 10.9. The zero-order valence-corrected chi connectivity index (χ0v) is 18.3. The molecule has 0 bridgehead atoms. The van der Waals surface area contributed by atoms with Crippen LogP contribution >= 0.6 is 22.7 Å². The zero-order chi connectivity index (χ0) is 22.0. The smallest absolute Gasteiger partial charge is 0.339 e. The highest BCUT2D eigenvalue weighted by atomic mass is 32.1. The van der Waals surface area contributed by atoms with E-state index in [0.717, 1.165) is 4.88 Å². The van der Waals surface area contributed by atoms with Crippen molar-refractivity contribution in [3.8, 4) is 16.6 Å². The lowest BCUT2D eigenvalue weighted by molar-refractivity contribution is -0.119. The highest BCUT2D eigenvalue weighted by Crippen LogP contribution is 2.29. The van der Waals surface area contributed by atoms with Crippen LogP contribution in [0.1, 0.15) is 35.8 Å². The number of fused-ring (bicyclic) bond motifs is 1. The molecule has 4 aromatic heterocycles. The molecule has 0 atom stereocenters. The summed E-state index contributed by atoms with van der Waals surface area (Å²) in [5.74, 6) is -1.16. The molecule has 8 nitrogen and oxygen atoms in total. The van der Waals surface area contributed by atoms with Gasteiger partial charge in [-0.15, -0.1) is 22.7 Å². The second-order valence-corrected chi connectivity index (χ2v) is 8.72. The maximum absolute atomic E-state index is 12.9. The van der Waals surface area contributed by atoms with E-state index in [2.05, 4.69) is 10.4 Å². The van der Waals surface area contributed by atoms with Gasteiger partial charge in [-0.05, 0) is 42.8 Å². The number of carbonyl (C=O) groups excluding carboxylic acids is 2. The van der Waals surface area contributed by atoms with Crippen molar-refractivity contribution in [3.05, 3.63) is 52.3 Å². The molecule has 4 rings (SSSR count). The number of carbonyl (C=O) groups is 2. The Labute approximate surface area is 185 Å². The van der Waals surface area contributed by atoms with Crippen LogP contribution in [0.2, 0.25) is 0 Å². The standard InChI is InChI=1S/C21H17N5O3S2/c1-12(2)26-19-15(10-23-26)14(8-16(24-19)17-4-3-6-30-17)21(28)29-11-18(27)25-20-13(9-22)5-7-31-20/h3-8,10,12H,11H2,1-2H3,(H,25,27). The van der Waals surface area contributed by atoms with Gasteiger partial charge in [0.15, 0.2) is 12.3 Å². The number of nitriles is 1. The Morgan fingerprint density at radius 3 is 2.84 bits per heavy atom. The van der Waals surface area contributed by atoms with E-state index in [9.17, 15) is 9.59 Å². The third-order valence-electron chi connectivity index (χ3n) is 4.42. The van der Waals surface area contributed by atoms with E-state index in [1.165, 1.54) is 22.7 Å². The summed E-state index contributed by atoms with van der Waals surface area (Å²) in [6.07, 6.45) is 1.59. The first kappa shape index (κ1) is 20.7. The van der Waals surface area contributed by atoms with E-state index in [0.29, 0.717) is 32.9 Å². The number of ether oxygens (including phenoxy) is 1. The van der Waals surface area contributed by atoms with E-state index in [1.54, 1.807) is 28.4 Å². The van der Waals surface area contributed by atoms with Crippen molar-refractivity contribution < 1.29 is 14.3 Å². The van der Waals surface area contributed by atoms with Crippen molar-refractivity contribution in [1.29, 1.82) is 5.26 Å². The maximum atomic E-state index is 12.9. The van der Waals surface area contributed by atoms with Crippen molar-refractivity contribution in [2.24, 2.45) is 0 Å². The van der Waals surface area contributed by atoms with Gasteiger partial charge in [-0.3, -0.25) is 4.79 Å². The molecule has 156 valence electrons. The molecule has 4 heterocycles. The first-order chi connectivity index (χ1) is 15.0. The van der Waals surface area contributed by atoms with E-state index < -0.39 is 18.5 Å². The van der Waals surface area contributed by atoms with Crippen molar-refractivity contribution in [2.75, 3.05) is 11.9 Å². The third kappa shape index (κ3) is 4.19.